The SMILES string of the molecule is COc1cc(NC(=NCc2ccncc2)NC(=O)c2ccc(F)cc2)cc(OC)c1OC. The molecule has 3 aromatic rings. The Morgan fingerprint density at radius 2 is 1.59 bits per heavy atom. The number of hydrogen-bond donors (Lipinski definition) is 2. The summed E-state index contributed by atoms with van der Waals surface area (Å²) in [6.45, 7) is 0.291. The maximum absolute atomic E-state index is 13.2. The first-order chi connectivity index (χ1) is 15.5. The number of aliphatic imine (C=N–C) groups is 1. The second-order valence-corrected chi connectivity index (χ2v) is 6.52. The predicted octanol–water partition coefficient (Wildman–Crippen LogP) is 3.64. The van der Waals surface area contributed by atoms with Crippen molar-refractivity contribution in [3.63, 3.8) is 0 Å². The average molecular weight is 438 g/mol. The van der Waals surface area contributed by atoms with Crippen molar-refractivity contribution in [2.75, 3.05) is 26.6 Å². The van der Waals surface area contributed by atoms with Crippen molar-refractivity contribution in [2.24, 2.45) is 4.99 Å². The number of nitrogens with zero attached hydrogens (tertiary/aromatic N) is 2. The topological polar surface area (TPSA) is 94.1 Å². The summed E-state index contributed by atoms with van der Waals surface area (Å²) < 4.78 is 29.3. The quantitative estimate of drug-likeness (QED) is 0.432. The second kappa shape index (κ2) is 10.8. The molecule has 0 atom stereocenters. The minimum absolute atomic E-state index is 0.186. The van der Waals surface area contributed by atoms with Gasteiger partial charge >= 0.3 is 0 Å². The highest BCUT2D eigenvalue weighted by Crippen LogP contribution is 2.39. The van der Waals surface area contributed by atoms with Gasteiger partial charge in [-0.15, -0.1) is 0 Å². The van der Waals surface area contributed by atoms with Gasteiger partial charge in [0.05, 0.1) is 27.9 Å². The number of benzene rings is 2. The minimum atomic E-state index is -0.446. The molecule has 9 heteroatoms. The number of halogens is 1. The summed E-state index contributed by atoms with van der Waals surface area (Å²) in [4.78, 5) is 21.2. The van der Waals surface area contributed by atoms with Crippen molar-refractivity contribution >= 4 is 17.6 Å². The Morgan fingerprint density at radius 1 is 0.969 bits per heavy atom. The van der Waals surface area contributed by atoms with Gasteiger partial charge in [0.1, 0.15) is 5.82 Å². The number of aromatic nitrogens is 1. The molecule has 0 radical (unpaired) electrons. The van der Waals surface area contributed by atoms with Gasteiger partial charge in [0.2, 0.25) is 11.7 Å². The molecule has 1 amide bonds. The number of carbonyl (C=O) groups is 1. The molecule has 0 aliphatic carbocycles. The Labute approximate surface area is 185 Å². The Bertz CT molecular complexity index is 1060. The number of hydrogen-bond acceptors (Lipinski definition) is 6. The highest BCUT2D eigenvalue weighted by atomic mass is 19.1. The summed E-state index contributed by atoms with van der Waals surface area (Å²) in [7, 11) is 4.53. The van der Waals surface area contributed by atoms with Crippen LogP contribution in [-0.2, 0) is 6.54 Å². The lowest BCUT2D eigenvalue weighted by molar-refractivity contribution is 0.0977. The first-order valence-electron chi connectivity index (χ1n) is 9.61. The van der Waals surface area contributed by atoms with Gasteiger partial charge in [-0.3, -0.25) is 15.1 Å². The van der Waals surface area contributed by atoms with Crippen molar-refractivity contribution in [3.05, 3.63) is 77.9 Å². The number of methoxy groups -OCH3 is 3. The molecule has 0 saturated heterocycles. The Kier molecular flexibility index (Phi) is 7.58. The van der Waals surface area contributed by atoms with E-state index in [1.54, 1.807) is 24.5 Å². The highest BCUT2D eigenvalue weighted by molar-refractivity contribution is 6.10. The average Bonchev–Trinajstić information content (AvgIpc) is 2.82. The number of amides is 1. The van der Waals surface area contributed by atoms with Crippen LogP contribution in [0.4, 0.5) is 10.1 Å². The smallest absolute Gasteiger partial charge is 0.257 e. The Hall–Kier alpha value is -4.14. The van der Waals surface area contributed by atoms with Crippen molar-refractivity contribution in [1.82, 2.24) is 10.3 Å². The normalized spacial score (nSPS) is 10.9. The van der Waals surface area contributed by atoms with Crippen LogP contribution in [0.1, 0.15) is 15.9 Å². The number of pyridine rings is 1. The summed E-state index contributed by atoms with van der Waals surface area (Å²) >= 11 is 0. The first-order valence-corrected chi connectivity index (χ1v) is 9.61. The molecule has 0 saturated carbocycles. The zero-order valence-electron chi connectivity index (χ0n) is 17.9. The van der Waals surface area contributed by atoms with E-state index in [-0.39, 0.29) is 11.5 Å². The van der Waals surface area contributed by atoms with Gasteiger partial charge in [-0.1, -0.05) is 0 Å². The molecular formula is C23H23FN4O4. The van der Waals surface area contributed by atoms with Gasteiger partial charge in [0.15, 0.2) is 11.5 Å². The Morgan fingerprint density at radius 3 is 2.16 bits per heavy atom. The van der Waals surface area contributed by atoms with Crippen LogP contribution in [0, 0.1) is 5.82 Å². The lowest BCUT2D eigenvalue weighted by atomic mass is 10.2. The summed E-state index contributed by atoms with van der Waals surface area (Å²) in [5.41, 5.74) is 1.74. The minimum Gasteiger partial charge on any atom is -0.493 e. The standard InChI is InChI=1S/C23H23FN4O4/c1-30-19-12-18(13-20(31-2)21(19)32-3)27-23(26-14-15-8-10-25-11-9-15)28-22(29)16-4-6-17(24)7-5-16/h4-13H,14H2,1-3H3,(H2,26,27,28,29). The van der Waals surface area contributed by atoms with E-state index < -0.39 is 11.7 Å². The summed E-state index contributed by atoms with van der Waals surface area (Å²) in [5.74, 6) is 0.624. The van der Waals surface area contributed by atoms with Gasteiger partial charge in [-0.05, 0) is 42.0 Å². The Balaban J connectivity index is 1.90. The first kappa shape index (κ1) is 22.5. The molecule has 0 fully saturated rings. The van der Waals surface area contributed by atoms with Crippen molar-refractivity contribution in [2.45, 2.75) is 6.54 Å². The van der Waals surface area contributed by atoms with E-state index in [1.807, 2.05) is 12.1 Å². The third kappa shape index (κ3) is 5.72. The molecule has 2 aromatic carbocycles. The molecule has 0 aliphatic rings. The molecule has 1 heterocycles. The van der Waals surface area contributed by atoms with Gasteiger partial charge in [0, 0.05) is 35.8 Å². The largest absolute Gasteiger partial charge is 0.493 e. The molecule has 0 bridgehead atoms. The van der Waals surface area contributed by atoms with Gasteiger partial charge in [-0.25, -0.2) is 9.38 Å². The van der Waals surface area contributed by atoms with E-state index in [0.717, 1.165) is 5.56 Å². The van der Waals surface area contributed by atoms with Gasteiger partial charge in [-0.2, -0.15) is 0 Å². The van der Waals surface area contributed by atoms with Crippen LogP contribution in [0.3, 0.4) is 0 Å². The van der Waals surface area contributed by atoms with E-state index in [4.69, 9.17) is 14.2 Å². The van der Waals surface area contributed by atoms with E-state index in [1.165, 1.54) is 45.6 Å². The van der Waals surface area contributed by atoms with E-state index in [0.29, 0.717) is 29.5 Å². The van der Waals surface area contributed by atoms with Crippen LogP contribution in [0.5, 0.6) is 17.2 Å². The zero-order valence-corrected chi connectivity index (χ0v) is 17.9. The number of carbonyl (C=O) groups excluding carboxylic acids is 1. The molecule has 32 heavy (non-hydrogen) atoms. The van der Waals surface area contributed by atoms with Crippen LogP contribution in [0.25, 0.3) is 0 Å². The van der Waals surface area contributed by atoms with Crippen LogP contribution in [-0.4, -0.2) is 38.2 Å². The summed E-state index contributed by atoms with van der Waals surface area (Å²) in [5, 5.41) is 5.80. The van der Waals surface area contributed by atoms with Crippen LogP contribution < -0.4 is 24.8 Å². The molecule has 1 aromatic heterocycles. The molecule has 0 aliphatic heterocycles. The third-order valence-corrected chi connectivity index (χ3v) is 4.43. The van der Waals surface area contributed by atoms with Crippen LogP contribution in [0.15, 0.2) is 65.9 Å². The van der Waals surface area contributed by atoms with Crippen LogP contribution >= 0.6 is 0 Å². The fourth-order valence-corrected chi connectivity index (χ4v) is 2.84. The maximum atomic E-state index is 13.2. The molecule has 0 unspecified atom stereocenters. The summed E-state index contributed by atoms with van der Waals surface area (Å²) in [6.07, 6.45) is 3.32. The van der Waals surface area contributed by atoms with Crippen molar-refractivity contribution in [3.8, 4) is 17.2 Å². The number of guanidine groups is 1. The fraction of sp³-hybridized carbons (Fsp3) is 0.174. The second-order valence-electron chi connectivity index (χ2n) is 6.52. The zero-order chi connectivity index (χ0) is 22.9. The number of rotatable bonds is 7. The maximum Gasteiger partial charge on any atom is 0.257 e. The third-order valence-electron chi connectivity index (χ3n) is 4.43. The highest BCUT2D eigenvalue weighted by Gasteiger charge is 2.15. The molecule has 2 N–H and O–H groups in total. The molecule has 166 valence electrons. The van der Waals surface area contributed by atoms with E-state index in [9.17, 15) is 9.18 Å². The molecule has 8 nitrogen and oxygen atoms in total. The van der Waals surface area contributed by atoms with Gasteiger partial charge in [0.25, 0.3) is 5.91 Å². The number of anilines is 1. The predicted molar refractivity (Wildman–Crippen MR) is 119 cm³/mol. The van der Waals surface area contributed by atoms with Gasteiger partial charge < -0.3 is 19.5 Å². The number of nitrogens with one attached hydrogen (secondary N) is 2. The van der Waals surface area contributed by atoms with Crippen LogP contribution in [0.2, 0.25) is 0 Å². The lowest BCUT2D eigenvalue weighted by Gasteiger charge is -2.16. The molecule has 3 rings (SSSR count). The summed E-state index contributed by atoms with van der Waals surface area (Å²) in [6, 6.07) is 12.2. The fourth-order valence-electron chi connectivity index (χ4n) is 2.84. The van der Waals surface area contributed by atoms with E-state index in [2.05, 4.69) is 20.6 Å². The number of ether oxygens (including phenoxy) is 3. The monoisotopic (exact) mass is 438 g/mol. The van der Waals surface area contributed by atoms with Crippen molar-refractivity contribution < 1.29 is 23.4 Å². The lowest BCUT2D eigenvalue weighted by Crippen LogP contribution is -2.36. The molecule has 0 spiro atoms. The van der Waals surface area contributed by atoms with Crippen molar-refractivity contribution in [1.29, 1.82) is 0 Å². The molecular weight excluding hydrogens is 415 g/mol. The van der Waals surface area contributed by atoms with E-state index >= 15 is 0 Å².